The molecule has 0 saturated heterocycles. The average Bonchev–Trinajstić information content (AvgIpc) is 2.83. The molecule has 40 heavy (non-hydrogen) atoms. The zero-order chi connectivity index (χ0) is 29.8. The summed E-state index contributed by atoms with van der Waals surface area (Å²) in [5, 5.41) is 45.1. The summed E-state index contributed by atoms with van der Waals surface area (Å²) < 4.78 is 5.60. The fourth-order valence-corrected chi connectivity index (χ4v) is 6.57. The van der Waals surface area contributed by atoms with Gasteiger partial charge in [0.1, 0.15) is 22.8 Å². The number of ether oxygens (including phenoxy) is 1. The van der Waals surface area contributed by atoms with E-state index in [0.717, 1.165) is 0 Å². The number of phenolic OH excluding ortho intramolecular Hbond substituents is 1. The van der Waals surface area contributed by atoms with Gasteiger partial charge in [-0.05, 0) is 70.9 Å². The van der Waals surface area contributed by atoms with Gasteiger partial charge < -0.3 is 30.9 Å². The zero-order valence-electron chi connectivity index (χ0n) is 23.2. The standard InChI is InChI=1S/C28H36ClN3O8/c1-12(2)40-7-6-32(5)11-14-10-17(33)19-15(21(14)29)8-13-9-16-22(31(3)4)24(35)20(27(30)38)26(37)28(16,39)25(36)18(13)23(19)34/h10,12-13,16,22,33,35-36,39H,6-9,11H2,1-5H3,(H2,30,38)/t13-,16-,22-,28-/m0/s1. The molecule has 0 fully saturated rings. The molecule has 0 unspecified atom stereocenters. The minimum absolute atomic E-state index is 0.000472. The molecule has 0 radical (unpaired) electrons. The Morgan fingerprint density at radius 2 is 1.88 bits per heavy atom. The Morgan fingerprint density at radius 1 is 1.23 bits per heavy atom. The number of aromatic hydroxyl groups is 1. The first-order chi connectivity index (χ1) is 18.6. The average molecular weight is 578 g/mol. The molecule has 4 atom stereocenters. The fourth-order valence-electron chi connectivity index (χ4n) is 6.28. The molecule has 0 bridgehead atoms. The first-order valence-corrected chi connectivity index (χ1v) is 13.5. The van der Waals surface area contributed by atoms with Gasteiger partial charge in [0.05, 0.1) is 24.3 Å². The highest BCUT2D eigenvalue weighted by molar-refractivity contribution is 6.33. The number of ketones is 2. The molecule has 3 aliphatic rings. The number of hydrogen-bond donors (Lipinski definition) is 5. The molecule has 6 N–H and O–H groups in total. The number of aliphatic hydroxyl groups is 3. The Hall–Kier alpha value is -2.96. The van der Waals surface area contributed by atoms with Crippen LogP contribution >= 0.6 is 11.6 Å². The number of likely N-dealkylation sites (N-methyl/N-ethyl adjacent to an activating group) is 2. The van der Waals surface area contributed by atoms with E-state index in [2.05, 4.69) is 0 Å². The molecular weight excluding hydrogens is 542 g/mol. The van der Waals surface area contributed by atoms with Crippen LogP contribution in [-0.2, 0) is 27.3 Å². The van der Waals surface area contributed by atoms with Crippen molar-refractivity contribution in [3.63, 3.8) is 0 Å². The molecule has 12 heteroatoms. The van der Waals surface area contributed by atoms with Crippen molar-refractivity contribution < 1.29 is 39.5 Å². The maximum absolute atomic E-state index is 13.7. The Bertz CT molecular complexity index is 1340. The van der Waals surface area contributed by atoms with E-state index in [4.69, 9.17) is 22.1 Å². The summed E-state index contributed by atoms with van der Waals surface area (Å²) in [4.78, 5) is 42.6. The maximum atomic E-state index is 13.7. The summed E-state index contributed by atoms with van der Waals surface area (Å²) in [6.07, 6.45) is 0.225. The minimum Gasteiger partial charge on any atom is -0.510 e. The van der Waals surface area contributed by atoms with E-state index in [9.17, 15) is 34.8 Å². The largest absolute Gasteiger partial charge is 0.510 e. The zero-order valence-corrected chi connectivity index (χ0v) is 23.9. The monoisotopic (exact) mass is 577 g/mol. The molecule has 3 aliphatic carbocycles. The van der Waals surface area contributed by atoms with E-state index in [-0.39, 0.29) is 35.8 Å². The van der Waals surface area contributed by atoms with Crippen LogP contribution in [0.4, 0.5) is 0 Å². The smallest absolute Gasteiger partial charge is 0.255 e. The quantitative estimate of drug-likeness (QED) is 0.286. The van der Waals surface area contributed by atoms with Crippen molar-refractivity contribution in [3.8, 4) is 5.75 Å². The second-order valence-electron chi connectivity index (χ2n) is 11.3. The Labute approximate surface area is 237 Å². The summed E-state index contributed by atoms with van der Waals surface area (Å²) in [5.41, 5.74) is 2.51. The summed E-state index contributed by atoms with van der Waals surface area (Å²) >= 11 is 6.79. The van der Waals surface area contributed by atoms with Crippen LogP contribution in [0, 0.1) is 11.8 Å². The van der Waals surface area contributed by atoms with E-state index >= 15 is 0 Å². The number of allylic oxidation sites excluding steroid dienone is 1. The maximum Gasteiger partial charge on any atom is 0.255 e. The third kappa shape index (κ3) is 4.69. The number of Topliss-reactive ketones (excluding diaryl/α,β-unsaturated/α-hetero) is 2. The van der Waals surface area contributed by atoms with E-state index in [1.54, 1.807) is 14.1 Å². The Balaban J connectivity index is 1.78. The predicted octanol–water partition coefficient (Wildman–Crippen LogP) is 1.63. The Morgan fingerprint density at radius 3 is 2.45 bits per heavy atom. The van der Waals surface area contributed by atoms with E-state index in [1.807, 2.05) is 25.8 Å². The number of nitrogens with zero attached hydrogens (tertiary/aromatic N) is 2. The number of carbonyl (C=O) groups excluding carboxylic acids is 3. The number of fused-ring (bicyclic) bond motifs is 3. The first kappa shape index (κ1) is 30.0. The van der Waals surface area contributed by atoms with Gasteiger partial charge in [-0.25, -0.2) is 0 Å². The van der Waals surface area contributed by atoms with Gasteiger partial charge >= 0.3 is 0 Å². The van der Waals surface area contributed by atoms with Gasteiger partial charge in [-0.1, -0.05) is 11.6 Å². The van der Waals surface area contributed by atoms with Crippen LogP contribution in [0.25, 0.3) is 0 Å². The normalized spacial score (nSPS) is 26.5. The lowest BCUT2D eigenvalue weighted by molar-refractivity contribution is -0.148. The van der Waals surface area contributed by atoms with Crippen molar-refractivity contribution in [1.82, 2.24) is 9.80 Å². The SMILES string of the molecule is CC(C)OCCN(C)Cc1cc(O)c2c(c1Cl)C[C@H]1C[C@H]3[C@H](N(C)C)C(O)=C(C(N)=O)C(=O)[C@@]3(O)C(O)=C1C2=O. The van der Waals surface area contributed by atoms with Gasteiger partial charge in [0.2, 0.25) is 5.78 Å². The van der Waals surface area contributed by atoms with Gasteiger partial charge in [0, 0.05) is 29.6 Å². The van der Waals surface area contributed by atoms with Crippen molar-refractivity contribution in [1.29, 1.82) is 0 Å². The van der Waals surface area contributed by atoms with Crippen LogP contribution in [-0.4, -0.2) is 99.7 Å². The number of halogens is 1. The lowest BCUT2D eigenvalue weighted by Crippen LogP contribution is -2.63. The van der Waals surface area contributed by atoms with Crippen LogP contribution in [0.2, 0.25) is 5.02 Å². The molecule has 1 aromatic rings. The predicted molar refractivity (Wildman–Crippen MR) is 146 cm³/mol. The number of carbonyl (C=O) groups is 3. The molecule has 0 heterocycles. The van der Waals surface area contributed by atoms with Gasteiger partial charge in [0.25, 0.3) is 5.91 Å². The van der Waals surface area contributed by atoms with Gasteiger partial charge in [-0.15, -0.1) is 0 Å². The number of hydrogen-bond acceptors (Lipinski definition) is 10. The van der Waals surface area contributed by atoms with Crippen LogP contribution < -0.4 is 5.73 Å². The molecule has 1 aromatic carbocycles. The van der Waals surface area contributed by atoms with Crippen molar-refractivity contribution in [2.45, 2.75) is 51.0 Å². The molecule has 4 rings (SSSR count). The summed E-state index contributed by atoms with van der Waals surface area (Å²) in [7, 11) is 5.04. The third-order valence-corrected chi connectivity index (χ3v) is 8.57. The van der Waals surface area contributed by atoms with Crippen molar-refractivity contribution in [2.24, 2.45) is 17.6 Å². The highest BCUT2D eigenvalue weighted by atomic mass is 35.5. The highest BCUT2D eigenvalue weighted by Crippen LogP contribution is 2.53. The molecule has 11 nitrogen and oxygen atoms in total. The third-order valence-electron chi connectivity index (χ3n) is 8.10. The molecule has 218 valence electrons. The van der Waals surface area contributed by atoms with E-state index in [0.29, 0.717) is 35.8 Å². The molecule has 0 aliphatic heterocycles. The number of benzene rings is 1. The second kappa shape index (κ2) is 10.8. The number of phenols is 1. The van der Waals surface area contributed by atoms with Crippen LogP contribution in [0.15, 0.2) is 28.7 Å². The summed E-state index contributed by atoms with van der Waals surface area (Å²) in [5.74, 6) is -6.94. The van der Waals surface area contributed by atoms with Crippen molar-refractivity contribution >= 4 is 29.1 Å². The number of nitrogens with two attached hydrogens (primary N) is 1. The molecule has 0 saturated carbocycles. The summed E-state index contributed by atoms with van der Waals surface area (Å²) in [6, 6.07) is 0.346. The number of amides is 1. The van der Waals surface area contributed by atoms with Crippen LogP contribution in [0.1, 0.15) is 41.8 Å². The molecular formula is C28H36ClN3O8. The molecule has 0 aromatic heterocycles. The summed E-state index contributed by atoms with van der Waals surface area (Å²) in [6.45, 7) is 5.38. The van der Waals surface area contributed by atoms with Crippen LogP contribution in [0.3, 0.4) is 0 Å². The number of aliphatic hydroxyl groups excluding tert-OH is 2. The minimum atomic E-state index is -2.68. The fraction of sp³-hybridized carbons (Fsp3) is 0.536. The first-order valence-electron chi connectivity index (χ1n) is 13.1. The topological polar surface area (TPSA) is 174 Å². The lowest BCUT2D eigenvalue weighted by Gasteiger charge is -2.50. The van der Waals surface area contributed by atoms with Crippen molar-refractivity contribution in [2.75, 3.05) is 34.3 Å². The Kier molecular flexibility index (Phi) is 8.09. The number of rotatable bonds is 8. The van der Waals surface area contributed by atoms with Crippen LogP contribution in [0.5, 0.6) is 5.75 Å². The van der Waals surface area contributed by atoms with Gasteiger partial charge in [0.15, 0.2) is 11.4 Å². The highest BCUT2D eigenvalue weighted by Gasteiger charge is 2.63. The second-order valence-corrected chi connectivity index (χ2v) is 11.7. The molecule has 0 spiro atoms. The molecule has 1 amide bonds. The van der Waals surface area contributed by atoms with Gasteiger partial charge in [-0.3, -0.25) is 24.2 Å². The van der Waals surface area contributed by atoms with Crippen molar-refractivity contribution in [3.05, 3.63) is 50.4 Å². The number of primary amides is 1. The van der Waals surface area contributed by atoms with E-state index in [1.165, 1.54) is 11.0 Å². The van der Waals surface area contributed by atoms with Gasteiger partial charge in [-0.2, -0.15) is 0 Å². The van der Waals surface area contributed by atoms with E-state index < -0.39 is 58.0 Å². The lowest BCUT2D eigenvalue weighted by atomic mass is 9.58.